The van der Waals surface area contributed by atoms with Crippen molar-refractivity contribution in [3.63, 3.8) is 0 Å². The van der Waals surface area contributed by atoms with Crippen LogP contribution in [0.2, 0.25) is 0 Å². The van der Waals surface area contributed by atoms with Gasteiger partial charge in [-0.2, -0.15) is 0 Å². The SMILES string of the molecule is CC(C)NC(=O)CCN1C2CCC1CC(O)C2. The fraction of sp³-hybridized carbons (Fsp3) is 0.923. The lowest BCUT2D eigenvalue weighted by Gasteiger charge is -2.37. The molecule has 2 unspecified atom stereocenters. The van der Waals surface area contributed by atoms with E-state index in [4.69, 9.17) is 0 Å². The molecule has 2 heterocycles. The van der Waals surface area contributed by atoms with Crippen molar-refractivity contribution >= 4 is 5.91 Å². The second-order valence-electron chi connectivity index (χ2n) is 5.72. The molecule has 0 aromatic heterocycles. The molecule has 2 saturated heterocycles. The number of piperidine rings is 1. The Morgan fingerprint density at radius 3 is 2.47 bits per heavy atom. The fourth-order valence-corrected chi connectivity index (χ4v) is 3.24. The normalized spacial score (nSPS) is 33.1. The summed E-state index contributed by atoms with van der Waals surface area (Å²) in [4.78, 5) is 14.0. The molecule has 2 aliphatic heterocycles. The zero-order valence-electron chi connectivity index (χ0n) is 10.9. The second kappa shape index (κ2) is 5.36. The predicted molar refractivity (Wildman–Crippen MR) is 66.7 cm³/mol. The van der Waals surface area contributed by atoms with Crippen LogP contribution >= 0.6 is 0 Å². The van der Waals surface area contributed by atoms with E-state index < -0.39 is 0 Å². The first-order valence-electron chi connectivity index (χ1n) is 6.79. The van der Waals surface area contributed by atoms with E-state index in [0.29, 0.717) is 18.5 Å². The van der Waals surface area contributed by atoms with Crippen LogP contribution in [0.15, 0.2) is 0 Å². The quantitative estimate of drug-likeness (QED) is 0.767. The summed E-state index contributed by atoms with van der Waals surface area (Å²) in [5.41, 5.74) is 0. The number of aliphatic hydroxyl groups is 1. The molecule has 2 rings (SSSR count). The first-order chi connectivity index (χ1) is 8.06. The van der Waals surface area contributed by atoms with Gasteiger partial charge in [-0.15, -0.1) is 0 Å². The Labute approximate surface area is 103 Å². The minimum absolute atomic E-state index is 0.117. The minimum atomic E-state index is -0.117. The minimum Gasteiger partial charge on any atom is -0.393 e. The Hall–Kier alpha value is -0.610. The van der Waals surface area contributed by atoms with E-state index in [2.05, 4.69) is 10.2 Å². The van der Waals surface area contributed by atoms with Gasteiger partial charge >= 0.3 is 0 Å². The van der Waals surface area contributed by atoms with E-state index in [-0.39, 0.29) is 18.1 Å². The average Bonchev–Trinajstić information content (AvgIpc) is 2.45. The molecule has 2 fully saturated rings. The van der Waals surface area contributed by atoms with E-state index in [0.717, 1.165) is 19.4 Å². The number of hydrogen-bond donors (Lipinski definition) is 2. The second-order valence-corrected chi connectivity index (χ2v) is 5.72. The van der Waals surface area contributed by atoms with Crippen LogP contribution in [0.3, 0.4) is 0 Å². The molecular formula is C13H24N2O2. The third-order valence-corrected chi connectivity index (χ3v) is 3.91. The highest BCUT2D eigenvalue weighted by Crippen LogP contribution is 2.35. The van der Waals surface area contributed by atoms with Gasteiger partial charge in [-0.05, 0) is 39.5 Å². The number of amides is 1. The van der Waals surface area contributed by atoms with Gasteiger partial charge in [0.15, 0.2) is 0 Å². The van der Waals surface area contributed by atoms with Crippen molar-refractivity contribution in [1.29, 1.82) is 0 Å². The number of fused-ring (bicyclic) bond motifs is 2. The lowest BCUT2D eigenvalue weighted by Crippen LogP contribution is -2.46. The first kappa shape index (κ1) is 12.8. The van der Waals surface area contributed by atoms with Crippen molar-refractivity contribution in [3.05, 3.63) is 0 Å². The Kier molecular flexibility index (Phi) is 4.05. The van der Waals surface area contributed by atoms with Gasteiger partial charge in [0.2, 0.25) is 5.91 Å². The maximum absolute atomic E-state index is 11.6. The van der Waals surface area contributed by atoms with Crippen molar-refractivity contribution in [1.82, 2.24) is 10.2 Å². The van der Waals surface area contributed by atoms with Crippen molar-refractivity contribution in [3.8, 4) is 0 Å². The molecule has 2 N–H and O–H groups in total. The zero-order valence-corrected chi connectivity index (χ0v) is 10.9. The van der Waals surface area contributed by atoms with Crippen LogP contribution in [-0.2, 0) is 4.79 Å². The van der Waals surface area contributed by atoms with Crippen LogP contribution in [-0.4, -0.2) is 46.7 Å². The van der Waals surface area contributed by atoms with Crippen molar-refractivity contribution in [2.24, 2.45) is 0 Å². The molecule has 1 amide bonds. The first-order valence-corrected chi connectivity index (χ1v) is 6.79. The lowest BCUT2D eigenvalue weighted by atomic mass is 10.00. The van der Waals surface area contributed by atoms with E-state index >= 15 is 0 Å². The van der Waals surface area contributed by atoms with Crippen molar-refractivity contribution in [2.75, 3.05) is 6.54 Å². The maximum atomic E-state index is 11.6. The number of rotatable bonds is 4. The average molecular weight is 240 g/mol. The molecule has 2 bridgehead atoms. The highest BCUT2D eigenvalue weighted by molar-refractivity contribution is 5.76. The van der Waals surface area contributed by atoms with Crippen molar-refractivity contribution in [2.45, 2.75) is 70.2 Å². The fourth-order valence-electron chi connectivity index (χ4n) is 3.24. The smallest absolute Gasteiger partial charge is 0.221 e. The van der Waals surface area contributed by atoms with Gasteiger partial charge < -0.3 is 10.4 Å². The number of aliphatic hydroxyl groups excluding tert-OH is 1. The van der Waals surface area contributed by atoms with Crippen LogP contribution in [0.5, 0.6) is 0 Å². The van der Waals surface area contributed by atoms with Crippen LogP contribution in [0.1, 0.15) is 46.0 Å². The molecular weight excluding hydrogens is 216 g/mol. The molecule has 0 aliphatic carbocycles. The van der Waals surface area contributed by atoms with E-state index in [1.165, 1.54) is 12.8 Å². The lowest BCUT2D eigenvalue weighted by molar-refractivity contribution is -0.122. The van der Waals surface area contributed by atoms with Gasteiger partial charge in [0.05, 0.1) is 6.10 Å². The third kappa shape index (κ3) is 3.19. The molecule has 0 saturated carbocycles. The Morgan fingerprint density at radius 2 is 1.94 bits per heavy atom. The van der Waals surface area contributed by atoms with Crippen LogP contribution in [0.4, 0.5) is 0 Å². The summed E-state index contributed by atoms with van der Waals surface area (Å²) in [7, 11) is 0. The number of nitrogens with zero attached hydrogens (tertiary/aromatic N) is 1. The molecule has 17 heavy (non-hydrogen) atoms. The number of carbonyl (C=O) groups excluding carboxylic acids is 1. The summed E-state index contributed by atoms with van der Waals surface area (Å²) in [6.07, 6.45) is 4.63. The molecule has 0 radical (unpaired) electrons. The number of hydrogen-bond acceptors (Lipinski definition) is 3. The largest absolute Gasteiger partial charge is 0.393 e. The van der Waals surface area contributed by atoms with E-state index in [1.807, 2.05) is 13.8 Å². The highest BCUT2D eigenvalue weighted by atomic mass is 16.3. The zero-order chi connectivity index (χ0) is 12.4. The Morgan fingerprint density at radius 1 is 1.35 bits per heavy atom. The topological polar surface area (TPSA) is 52.6 Å². The van der Waals surface area contributed by atoms with Gasteiger partial charge in [0.25, 0.3) is 0 Å². The number of carbonyl (C=O) groups is 1. The highest BCUT2D eigenvalue weighted by Gasteiger charge is 2.39. The summed E-state index contributed by atoms with van der Waals surface area (Å²) < 4.78 is 0. The molecule has 2 aliphatic rings. The van der Waals surface area contributed by atoms with Crippen LogP contribution < -0.4 is 5.32 Å². The molecule has 0 aromatic rings. The van der Waals surface area contributed by atoms with Gasteiger partial charge in [-0.3, -0.25) is 9.69 Å². The molecule has 98 valence electrons. The van der Waals surface area contributed by atoms with E-state index in [1.54, 1.807) is 0 Å². The standard InChI is InChI=1S/C13H24N2O2/c1-9(2)14-13(17)5-6-15-10-3-4-11(15)8-12(16)7-10/h9-12,16H,3-8H2,1-2H3,(H,14,17). The third-order valence-electron chi connectivity index (χ3n) is 3.91. The van der Waals surface area contributed by atoms with Gasteiger partial charge in [-0.1, -0.05) is 0 Å². The monoisotopic (exact) mass is 240 g/mol. The molecule has 0 aromatic carbocycles. The summed E-state index contributed by atoms with van der Waals surface area (Å²) in [6, 6.07) is 1.24. The van der Waals surface area contributed by atoms with E-state index in [9.17, 15) is 9.90 Å². The van der Waals surface area contributed by atoms with Gasteiger partial charge in [0.1, 0.15) is 0 Å². The molecule has 4 heteroatoms. The molecule has 0 spiro atoms. The van der Waals surface area contributed by atoms with Crippen LogP contribution in [0, 0.1) is 0 Å². The summed E-state index contributed by atoms with van der Waals surface area (Å²) in [5.74, 6) is 0.144. The molecule has 4 nitrogen and oxygen atoms in total. The molecule has 2 atom stereocenters. The van der Waals surface area contributed by atoms with Gasteiger partial charge in [-0.25, -0.2) is 0 Å². The Balaban J connectivity index is 1.78. The predicted octanol–water partition coefficient (Wildman–Crippen LogP) is 0.889. The maximum Gasteiger partial charge on any atom is 0.221 e. The summed E-state index contributed by atoms with van der Waals surface area (Å²) in [6.45, 7) is 4.82. The van der Waals surface area contributed by atoms with Crippen LogP contribution in [0.25, 0.3) is 0 Å². The summed E-state index contributed by atoms with van der Waals surface area (Å²) in [5, 5.41) is 12.6. The summed E-state index contributed by atoms with van der Waals surface area (Å²) >= 11 is 0. The van der Waals surface area contributed by atoms with Crippen molar-refractivity contribution < 1.29 is 9.90 Å². The number of nitrogens with one attached hydrogen (secondary N) is 1. The van der Waals surface area contributed by atoms with Gasteiger partial charge in [0, 0.05) is 31.1 Å². The Bertz CT molecular complexity index is 267.